The number of nitro benzene ring substituents is 1. The van der Waals surface area contributed by atoms with E-state index in [1.807, 2.05) is 36.1 Å². The largest absolute Gasteiger partial charge is 0.468 e. The molecule has 352 valence electrons. The number of benzene rings is 3. The number of aromatic nitrogens is 2. The van der Waals surface area contributed by atoms with Gasteiger partial charge < -0.3 is 34.7 Å². The van der Waals surface area contributed by atoms with E-state index in [2.05, 4.69) is 56.0 Å². The van der Waals surface area contributed by atoms with Crippen LogP contribution in [0.25, 0.3) is 11.0 Å². The predicted octanol–water partition coefficient (Wildman–Crippen LogP) is 7.61. The Morgan fingerprint density at radius 1 is 1.01 bits per heavy atom. The number of ether oxygens (including phenoxy) is 2. The monoisotopic (exact) mass is 930 g/mol. The molecule has 2 aromatic heterocycles. The Hall–Kier alpha value is -5.75. The number of likely N-dealkylation sites (tertiary alicyclic amines) is 1. The van der Waals surface area contributed by atoms with Crippen LogP contribution >= 0.6 is 0 Å². The normalized spacial score (nSPS) is 25.8. The van der Waals surface area contributed by atoms with Crippen molar-refractivity contribution in [2.24, 2.45) is 11.3 Å². The number of amides is 1. The zero-order valence-corrected chi connectivity index (χ0v) is 38.8. The lowest BCUT2D eigenvalue weighted by molar-refractivity contribution is -0.384. The zero-order valence-electron chi connectivity index (χ0n) is 37.9. The van der Waals surface area contributed by atoms with E-state index < -0.39 is 43.1 Å². The van der Waals surface area contributed by atoms with E-state index >= 15 is 0 Å². The molecule has 67 heavy (non-hydrogen) atoms. The third-order valence-electron chi connectivity index (χ3n) is 15.6. The number of sulfonamides is 1. The van der Waals surface area contributed by atoms with Crippen molar-refractivity contribution in [3.63, 3.8) is 0 Å². The Kier molecular flexibility index (Phi) is 11.0. The van der Waals surface area contributed by atoms with Crippen molar-refractivity contribution < 1.29 is 32.7 Å². The second-order valence-corrected chi connectivity index (χ2v) is 21.8. The Labute approximate surface area is 390 Å². The maximum absolute atomic E-state index is 14.6. The lowest BCUT2D eigenvalue weighted by Crippen LogP contribution is -2.66. The van der Waals surface area contributed by atoms with Crippen LogP contribution in [0.1, 0.15) is 92.7 Å². The van der Waals surface area contributed by atoms with Crippen LogP contribution in [-0.4, -0.2) is 102 Å². The van der Waals surface area contributed by atoms with Gasteiger partial charge in [-0.3, -0.25) is 19.8 Å². The molecule has 1 amide bonds. The summed E-state index contributed by atoms with van der Waals surface area (Å²) < 4.78 is 42.8. The van der Waals surface area contributed by atoms with Crippen molar-refractivity contribution in [3.8, 4) is 5.88 Å². The number of aliphatic hydroxyl groups is 1. The topological polar surface area (TPSA) is 196 Å². The highest BCUT2D eigenvalue weighted by Crippen LogP contribution is 2.55. The summed E-state index contributed by atoms with van der Waals surface area (Å²) in [4.78, 5) is 40.9. The van der Waals surface area contributed by atoms with Crippen molar-refractivity contribution in [1.82, 2.24) is 19.6 Å². The van der Waals surface area contributed by atoms with Gasteiger partial charge in [-0.15, -0.1) is 0 Å². The summed E-state index contributed by atoms with van der Waals surface area (Å²) in [5.41, 5.74) is 4.93. The molecule has 16 nitrogen and oxygen atoms in total. The molecule has 1 spiro atoms. The van der Waals surface area contributed by atoms with Gasteiger partial charge in [0.1, 0.15) is 23.1 Å². The Bertz CT molecular complexity index is 2850. The summed E-state index contributed by atoms with van der Waals surface area (Å²) in [5, 5.41) is 26.6. The average molecular weight is 931 g/mol. The summed E-state index contributed by atoms with van der Waals surface area (Å²) in [6.45, 7) is 7.98. The third kappa shape index (κ3) is 8.06. The molecule has 3 aromatic carbocycles. The van der Waals surface area contributed by atoms with E-state index in [0.29, 0.717) is 67.6 Å². The fourth-order valence-electron chi connectivity index (χ4n) is 11.9. The number of anilines is 4. The SMILES string of the molecule is CCc1ccccc1[C@@H]1CCCN1C1CC2(C1)CN(c1ccc(C(=O)NS(=O)(=O)c3ccc(NCC4CCC(C)(O)CC4)c([N+](=O)[O-])c3)c(N3c4cc5cc[nH]c5nc4O[C@H]4COC[C@@H]43)c1)C2. The highest BCUT2D eigenvalue weighted by molar-refractivity contribution is 7.90. The quantitative estimate of drug-likeness (QED) is 0.0706. The van der Waals surface area contributed by atoms with Gasteiger partial charge in [-0.1, -0.05) is 31.2 Å². The molecule has 2 aliphatic carbocycles. The van der Waals surface area contributed by atoms with Crippen molar-refractivity contribution in [2.75, 3.05) is 54.5 Å². The number of aromatic amines is 1. The van der Waals surface area contributed by atoms with Crippen LogP contribution in [0.3, 0.4) is 0 Å². The Balaban J connectivity index is 0.867. The molecule has 17 heteroatoms. The zero-order chi connectivity index (χ0) is 46.2. The van der Waals surface area contributed by atoms with Crippen LogP contribution < -0.4 is 24.6 Å². The number of carbonyl (C=O) groups is 1. The molecule has 6 aliphatic rings. The fourth-order valence-corrected chi connectivity index (χ4v) is 12.9. The second-order valence-electron chi connectivity index (χ2n) is 20.1. The maximum atomic E-state index is 14.6. The summed E-state index contributed by atoms with van der Waals surface area (Å²) >= 11 is 0. The lowest BCUT2D eigenvalue weighted by Gasteiger charge is -2.62. The van der Waals surface area contributed by atoms with Gasteiger partial charge in [0, 0.05) is 60.5 Å². The molecule has 5 aromatic rings. The summed E-state index contributed by atoms with van der Waals surface area (Å²) in [6, 6.07) is 22.6. The van der Waals surface area contributed by atoms with E-state index in [4.69, 9.17) is 14.5 Å². The number of aryl methyl sites for hydroxylation is 1. The van der Waals surface area contributed by atoms with Crippen LogP contribution in [0.4, 0.5) is 28.4 Å². The first kappa shape index (κ1) is 43.8. The minimum Gasteiger partial charge on any atom is -0.468 e. The smallest absolute Gasteiger partial charge is 0.293 e. The molecule has 0 radical (unpaired) electrons. The third-order valence-corrected chi connectivity index (χ3v) is 16.9. The molecule has 0 bridgehead atoms. The first-order chi connectivity index (χ1) is 32.3. The number of pyridine rings is 1. The number of nitro groups is 1. The van der Waals surface area contributed by atoms with Gasteiger partial charge in [0.25, 0.3) is 21.6 Å². The standard InChI is InChI=1S/C50H58N8O8S/c1-3-32-7-4-5-8-37(32)40-9-6-20-56(40)35-24-50(25-35)29-55(30-50)34-10-12-38(41(22-34)57-43-21-33-16-19-51-46(33)53-48(43)66-45-28-65-27-44(45)57)47(59)54-67(63,64)36-11-13-39(42(23-36)58(61)62)52-26-31-14-17-49(2,60)18-15-31/h4-5,7-8,10-13,16,19,21-23,31,35,40,44-45,52,60H,3,6,9,14-15,17-18,20,24-30H2,1-2H3,(H,51,53)(H,54,59)/t31?,40-,44-,45-,49?/m0/s1. The van der Waals surface area contributed by atoms with Crippen LogP contribution in [0, 0.1) is 21.4 Å². The second kappa shape index (κ2) is 16.8. The maximum Gasteiger partial charge on any atom is 0.293 e. The summed E-state index contributed by atoms with van der Waals surface area (Å²) in [7, 11) is -4.60. The van der Waals surface area contributed by atoms with Crippen LogP contribution in [0.5, 0.6) is 5.88 Å². The van der Waals surface area contributed by atoms with Gasteiger partial charge in [0.2, 0.25) is 5.88 Å². The molecule has 5 fully saturated rings. The number of rotatable bonds is 12. The summed E-state index contributed by atoms with van der Waals surface area (Å²) in [6.07, 6.45) is 9.90. The number of carbonyl (C=O) groups excluding carboxylic acids is 1. The summed E-state index contributed by atoms with van der Waals surface area (Å²) in [5.74, 6) is -0.314. The van der Waals surface area contributed by atoms with Crippen molar-refractivity contribution >= 4 is 55.4 Å². The molecular formula is C50H58N8O8S. The van der Waals surface area contributed by atoms with Gasteiger partial charge in [0.05, 0.1) is 45.9 Å². The van der Waals surface area contributed by atoms with Gasteiger partial charge in [0.15, 0.2) is 0 Å². The molecule has 6 heterocycles. The molecule has 11 rings (SSSR count). The van der Waals surface area contributed by atoms with Gasteiger partial charge in [-0.2, -0.15) is 4.98 Å². The Morgan fingerprint density at radius 2 is 1.82 bits per heavy atom. The highest BCUT2D eigenvalue weighted by atomic mass is 32.2. The van der Waals surface area contributed by atoms with Crippen LogP contribution in [-0.2, 0) is 21.2 Å². The predicted molar refractivity (Wildman–Crippen MR) is 255 cm³/mol. The van der Waals surface area contributed by atoms with Crippen molar-refractivity contribution in [3.05, 3.63) is 106 Å². The number of hydrogen-bond acceptors (Lipinski definition) is 13. The molecule has 3 atom stereocenters. The molecule has 2 saturated carbocycles. The average Bonchev–Trinajstić information content (AvgIpc) is 4.08. The number of H-pyrrole nitrogens is 1. The number of nitrogens with one attached hydrogen (secondary N) is 3. The Morgan fingerprint density at radius 3 is 2.61 bits per heavy atom. The molecule has 0 unspecified atom stereocenters. The van der Waals surface area contributed by atoms with Gasteiger partial charge in [-0.25, -0.2) is 13.1 Å². The van der Waals surface area contributed by atoms with Crippen LogP contribution in [0.2, 0.25) is 0 Å². The minimum atomic E-state index is -4.60. The molecule has 4 N–H and O–H groups in total. The number of fused-ring (bicyclic) bond motifs is 3. The number of hydrogen-bond donors (Lipinski definition) is 4. The van der Waals surface area contributed by atoms with Crippen molar-refractivity contribution in [2.45, 2.75) is 106 Å². The first-order valence-electron chi connectivity index (χ1n) is 23.8. The lowest BCUT2D eigenvalue weighted by atomic mass is 9.60. The molecular weight excluding hydrogens is 873 g/mol. The van der Waals surface area contributed by atoms with E-state index in [1.54, 1.807) is 12.3 Å². The molecule has 3 saturated heterocycles. The van der Waals surface area contributed by atoms with E-state index in [9.17, 15) is 28.4 Å². The van der Waals surface area contributed by atoms with Crippen molar-refractivity contribution in [1.29, 1.82) is 0 Å². The molecule has 4 aliphatic heterocycles. The minimum absolute atomic E-state index is 0.102. The van der Waals surface area contributed by atoms with Gasteiger partial charge in [-0.05, 0) is 131 Å². The van der Waals surface area contributed by atoms with Gasteiger partial charge >= 0.3 is 0 Å². The van der Waals surface area contributed by atoms with E-state index in [1.165, 1.54) is 36.1 Å². The number of nitrogens with zero attached hydrogens (tertiary/aromatic N) is 5. The fraction of sp³-hybridized carbons (Fsp3) is 0.480. The highest BCUT2D eigenvalue weighted by Gasteiger charge is 2.55. The first-order valence-corrected chi connectivity index (χ1v) is 25.3. The van der Waals surface area contributed by atoms with Crippen LogP contribution in [0.15, 0.2) is 83.9 Å². The van der Waals surface area contributed by atoms with E-state index in [0.717, 1.165) is 68.9 Å². The van der Waals surface area contributed by atoms with E-state index in [-0.39, 0.29) is 28.6 Å².